The van der Waals surface area contributed by atoms with Crippen LogP contribution in [0.1, 0.15) is 39.2 Å². The van der Waals surface area contributed by atoms with Crippen molar-refractivity contribution in [3.8, 4) is 5.75 Å². The second kappa shape index (κ2) is 6.97. The number of carbonyl (C=O) groups excluding carboxylic acids is 1. The fourth-order valence-electron chi connectivity index (χ4n) is 1.70. The molecule has 0 heterocycles. The summed E-state index contributed by atoms with van der Waals surface area (Å²) >= 11 is 3.46. The van der Waals surface area contributed by atoms with Crippen LogP contribution >= 0.6 is 15.9 Å². The Labute approximate surface area is 129 Å². The number of methoxy groups -OCH3 is 1. The SMILES string of the molecule is COc1cc(NC(=O)OC(C)(C)C)ccc1C(C)CBr. The van der Waals surface area contributed by atoms with Crippen molar-refractivity contribution in [1.82, 2.24) is 0 Å². The number of anilines is 1. The van der Waals surface area contributed by atoms with Crippen LogP contribution in [0.25, 0.3) is 0 Å². The van der Waals surface area contributed by atoms with Gasteiger partial charge in [-0.25, -0.2) is 4.79 Å². The van der Waals surface area contributed by atoms with E-state index in [1.54, 1.807) is 13.2 Å². The van der Waals surface area contributed by atoms with E-state index in [9.17, 15) is 4.79 Å². The molecule has 1 atom stereocenters. The molecule has 0 aliphatic carbocycles. The minimum absolute atomic E-state index is 0.334. The molecule has 112 valence electrons. The number of ether oxygens (including phenoxy) is 2. The van der Waals surface area contributed by atoms with Crippen molar-refractivity contribution in [3.05, 3.63) is 23.8 Å². The number of halogens is 1. The lowest BCUT2D eigenvalue weighted by Gasteiger charge is -2.20. The van der Waals surface area contributed by atoms with Gasteiger partial charge in [-0.15, -0.1) is 0 Å². The molecule has 0 aromatic heterocycles. The predicted molar refractivity (Wildman–Crippen MR) is 85.1 cm³/mol. The molecule has 0 fully saturated rings. The second-order valence-electron chi connectivity index (χ2n) is 5.64. The first-order chi connectivity index (χ1) is 9.26. The lowest BCUT2D eigenvalue weighted by atomic mass is 10.0. The van der Waals surface area contributed by atoms with Crippen LogP contribution in [0.4, 0.5) is 10.5 Å². The predicted octanol–water partition coefficient (Wildman–Crippen LogP) is 4.54. The number of rotatable bonds is 4. The molecule has 1 unspecified atom stereocenters. The smallest absolute Gasteiger partial charge is 0.412 e. The molecule has 0 bridgehead atoms. The summed E-state index contributed by atoms with van der Waals surface area (Å²) in [5.41, 5.74) is 1.24. The Morgan fingerprint density at radius 1 is 1.40 bits per heavy atom. The van der Waals surface area contributed by atoms with Crippen LogP contribution in [0.15, 0.2) is 18.2 Å². The van der Waals surface area contributed by atoms with Gasteiger partial charge in [-0.3, -0.25) is 5.32 Å². The Kier molecular flexibility index (Phi) is 5.87. The molecule has 0 saturated heterocycles. The molecule has 0 aliphatic rings. The minimum Gasteiger partial charge on any atom is -0.496 e. The van der Waals surface area contributed by atoms with Crippen molar-refractivity contribution in [2.45, 2.75) is 39.2 Å². The van der Waals surface area contributed by atoms with E-state index in [2.05, 4.69) is 28.2 Å². The standard InChI is InChI=1S/C15H22BrNO3/c1-10(9-16)12-7-6-11(8-13(12)19-5)17-14(18)20-15(2,3)4/h6-8,10H,9H2,1-5H3,(H,17,18). The first-order valence-corrected chi connectivity index (χ1v) is 7.63. The average Bonchev–Trinajstić information content (AvgIpc) is 2.35. The first kappa shape index (κ1) is 16.8. The Balaban J connectivity index is 2.85. The average molecular weight is 344 g/mol. The van der Waals surface area contributed by atoms with Crippen molar-refractivity contribution in [3.63, 3.8) is 0 Å². The molecular formula is C15H22BrNO3. The number of benzene rings is 1. The van der Waals surface area contributed by atoms with Crippen LogP contribution in [-0.4, -0.2) is 24.1 Å². The second-order valence-corrected chi connectivity index (χ2v) is 6.29. The third-order valence-corrected chi connectivity index (χ3v) is 3.61. The lowest BCUT2D eigenvalue weighted by molar-refractivity contribution is 0.0636. The fraction of sp³-hybridized carbons (Fsp3) is 0.533. The van der Waals surface area contributed by atoms with Crippen LogP contribution in [-0.2, 0) is 4.74 Å². The summed E-state index contributed by atoms with van der Waals surface area (Å²) in [7, 11) is 1.62. The highest BCUT2D eigenvalue weighted by atomic mass is 79.9. The van der Waals surface area contributed by atoms with E-state index in [-0.39, 0.29) is 0 Å². The van der Waals surface area contributed by atoms with E-state index in [0.717, 1.165) is 16.6 Å². The number of carbonyl (C=O) groups is 1. The number of nitrogens with one attached hydrogen (secondary N) is 1. The molecule has 1 amide bonds. The van der Waals surface area contributed by atoms with E-state index in [0.29, 0.717) is 11.6 Å². The summed E-state index contributed by atoms with van der Waals surface area (Å²) in [6.45, 7) is 7.59. The highest BCUT2D eigenvalue weighted by Gasteiger charge is 2.17. The summed E-state index contributed by atoms with van der Waals surface area (Å²) in [5, 5.41) is 3.55. The van der Waals surface area contributed by atoms with Crippen LogP contribution < -0.4 is 10.1 Å². The molecule has 0 aliphatic heterocycles. The van der Waals surface area contributed by atoms with Gasteiger partial charge in [-0.05, 0) is 38.3 Å². The maximum absolute atomic E-state index is 11.7. The Morgan fingerprint density at radius 3 is 2.55 bits per heavy atom. The molecule has 0 radical (unpaired) electrons. The van der Waals surface area contributed by atoms with Crippen LogP contribution in [0.5, 0.6) is 5.75 Å². The van der Waals surface area contributed by atoms with Gasteiger partial charge in [-0.1, -0.05) is 28.9 Å². The van der Waals surface area contributed by atoms with Gasteiger partial charge in [0.15, 0.2) is 0 Å². The maximum atomic E-state index is 11.7. The Hall–Kier alpha value is -1.23. The molecule has 1 rings (SSSR count). The zero-order valence-electron chi connectivity index (χ0n) is 12.6. The van der Waals surface area contributed by atoms with Gasteiger partial charge in [0.25, 0.3) is 0 Å². The highest BCUT2D eigenvalue weighted by Crippen LogP contribution is 2.30. The van der Waals surface area contributed by atoms with E-state index < -0.39 is 11.7 Å². The zero-order chi connectivity index (χ0) is 15.3. The molecule has 1 aromatic carbocycles. The summed E-state index contributed by atoms with van der Waals surface area (Å²) < 4.78 is 10.6. The van der Waals surface area contributed by atoms with Gasteiger partial charge in [0.2, 0.25) is 0 Å². The van der Waals surface area contributed by atoms with E-state index in [1.165, 1.54) is 0 Å². The van der Waals surface area contributed by atoms with E-state index in [4.69, 9.17) is 9.47 Å². The van der Waals surface area contributed by atoms with Gasteiger partial charge in [0, 0.05) is 17.1 Å². The molecule has 1 aromatic rings. The van der Waals surface area contributed by atoms with Crippen molar-refractivity contribution in [2.24, 2.45) is 0 Å². The van der Waals surface area contributed by atoms with Crippen LogP contribution in [0.2, 0.25) is 0 Å². The van der Waals surface area contributed by atoms with Gasteiger partial charge in [-0.2, -0.15) is 0 Å². The topological polar surface area (TPSA) is 47.6 Å². The molecule has 20 heavy (non-hydrogen) atoms. The minimum atomic E-state index is -0.515. The summed E-state index contributed by atoms with van der Waals surface area (Å²) in [6, 6.07) is 5.61. The van der Waals surface area contributed by atoms with Crippen molar-refractivity contribution in [1.29, 1.82) is 0 Å². The maximum Gasteiger partial charge on any atom is 0.412 e. The van der Waals surface area contributed by atoms with E-state index >= 15 is 0 Å². The fourth-order valence-corrected chi connectivity index (χ4v) is 2.05. The van der Waals surface area contributed by atoms with Crippen molar-refractivity contribution < 1.29 is 14.3 Å². The first-order valence-electron chi connectivity index (χ1n) is 6.50. The molecule has 5 heteroatoms. The van der Waals surface area contributed by atoms with Crippen molar-refractivity contribution in [2.75, 3.05) is 17.8 Å². The largest absolute Gasteiger partial charge is 0.496 e. The van der Waals surface area contributed by atoms with Gasteiger partial charge >= 0.3 is 6.09 Å². The molecule has 1 N–H and O–H groups in total. The summed E-state index contributed by atoms with van der Waals surface area (Å²) in [5.74, 6) is 1.09. The lowest BCUT2D eigenvalue weighted by Crippen LogP contribution is -2.27. The van der Waals surface area contributed by atoms with Crippen LogP contribution in [0, 0.1) is 0 Å². The molecule has 4 nitrogen and oxygen atoms in total. The Morgan fingerprint density at radius 2 is 2.05 bits per heavy atom. The summed E-state index contributed by atoms with van der Waals surface area (Å²) in [4.78, 5) is 11.7. The number of hydrogen-bond donors (Lipinski definition) is 1. The molecule has 0 saturated carbocycles. The summed E-state index contributed by atoms with van der Waals surface area (Å²) in [6.07, 6.45) is -0.471. The third-order valence-electron chi connectivity index (χ3n) is 2.64. The van der Waals surface area contributed by atoms with Gasteiger partial charge < -0.3 is 9.47 Å². The molecular weight excluding hydrogens is 322 g/mol. The highest BCUT2D eigenvalue weighted by molar-refractivity contribution is 9.09. The van der Waals surface area contributed by atoms with Crippen LogP contribution in [0.3, 0.4) is 0 Å². The van der Waals surface area contributed by atoms with Gasteiger partial charge in [0.05, 0.1) is 7.11 Å². The normalized spacial score (nSPS) is 12.7. The quantitative estimate of drug-likeness (QED) is 0.816. The zero-order valence-corrected chi connectivity index (χ0v) is 14.2. The monoisotopic (exact) mass is 343 g/mol. The van der Waals surface area contributed by atoms with Crippen molar-refractivity contribution >= 4 is 27.7 Å². The van der Waals surface area contributed by atoms with E-state index in [1.807, 2.05) is 32.9 Å². The number of alkyl halides is 1. The molecule has 0 spiro atoms. The number of hydrogen-bond acceptors (Lipinski definition) is 3. The third kappa shape index (κ3) is 5.04. The Bertz CT molecular complexity index is 469. The van der Waals surface area contributed by atoms with Gasteiger partial charge in [0.1, 0.15) is 11.4 Å². The number of amides is 1.